The highest BCUT2D eigenvalue weighted by Crippen LogP contribution is 2.35. The molecule has 176 valence electrons. The Morgan fingerprint density at radius 2 is 2.00 bits per heavy atom. The van der Waals surface area contributed by atoms with Crippen molar-refractivity contribution in [2.45, 2.75) is 13.1 Å². The molecule has 0 saturated carbocycles. The first-order valence-electron chi connectivity index (χ1n) is 9.36. The van der Waals surface area contributed by atoms with Crippen molar-refractivity contribution in [2.24, 2.45) is 5.73 Å². The SMILES string of the molecule is COC(=O)c1sc(NC(=O)c2cc3nc(-c4ccco4)cc(C(F)(F)F)n3n2)c(C(N)=O)c1C. The number of nitrogens with one attached hydrogen (secondary N) is 1. The molecule has 34 heavy (non-hydrogen) atoms. The summed E-state index contributed by atoms with van der Waals surface area (Å²) in [5, 5.41) is 6.04. The number of nitrogens with zero attached hydrogens (tertiary/aromatic N) is 3. The van der Waals surface area contributed by atoms with Gasteiger partial charge in [0.2, 0.25) is 0 Å². The fraction of sp³-hybridized carbons (Fsp3) is 0.150. The van der Waals surface area contributed by atoms with Crippen molar-refractivity contribution in [3.63, 3.8) is 0 Å². The molecule has 0 bridgehead atoms. The molecule has 0 unspecified atom stereocenters. The molecule has 0 atom stereocenters. The Morgan fingerprint density at radius 1 is 1.26 bits per heavy atom. The van der Waals surface area contributed by atoms with Gasteiger partial charge in [-0.2, -0.15) is 18.3 Å². The number of primary amides is 1. The predicted molar refractivity (Wildman–Crippen MR) is 113 cm³/mol. The highest BCUT2D eigenvalue weighted by Gasteiger charge is 2.36. The van der Waals surface area contributed by atoms with Crippen molar-refractivity contribution in [1.82, 2.24) is 14.6 Å². The van der Waals surface area contributed by atoms with Crippen molar-refractivity contribution < 1.29 is 36.7 Å². The topological polar surface area (TPSA) is 142 Å². The molecule has 4 aromatic rings. The number of carbonyl (C=O) groups is 3. The van der Waals surface area contributed by atoms with Gasteiger partial charge >= 0.3 is 12.1 Å². The second-order valence-corrected chi connectivity index (χ2v) is 7.89. The lowest BCUT2D eigenvalue weighted by molar-refractivity contribution is -0.142. The third-order valence-electron chi connectivity index (χ3n) is 4.71. The Hall–Kier alpha value is -4.20. The first-order chi connectivity index (χ1) is 16.0. The summed E-state index contributed by atoms with van der Waals surface area (Å²) >= 11 is 0.735. The van der Waals surface area contributed by atoms with E-state index in [1.807, 2.05) is 0 Å². The summed E-state index contributed by atoms with van der Waals surface area (Å²) < 4.78 is 51.3. The summed E-state index contributed by atoms with van der Waals surface area (Å²) in [7, 11) is 1.14. The molecule has 10 nitrogen and oxygen atoms in total. The highest BCUT2D eigenvalue weighted by atomic mass is 32.1. The maximum Gasteiger partial charge on any atom is 0.433 e. The van der Waals surface area contributed by atoms with Crippen LogP contribution in [0.3, 0.4) is 0 Å². The van der Waals surface area contributed by atoms with Crippen LogP contribution in [0.4, 0.5) is 18.2 Å². The average Bonchev–Trinajstić information content (AvgIpc) is 3.50. The van der Waals surface area contributed by atoms with E-state index in [-0.39, 0.29) is 38.1 Å². The molecule has 2 amide bonds. The van der Waals surface area contributed by atoms with E-state index in [9.17, 15) is 27.6 Å². The highest BCUT2D eigenvalue weighted by molar-refractivity contribution is 7.18. The zero-order valence-corrected chi connectivity index (χ0v) is 18.2. The number of aromatic nitrogens is 3. The lowest BCUT2D eigenvalue weighted by Crippen LogP contribution is -2.18. The fourth-order valence-corrected chi connectivity index (χ4v) is 4.32. The van der Waals surface area contributed by atoms with Crippen molar-refractivity contribution >= 4 is 39.8 Å². The molecule has 4 aromatic heterocycles. The van der Waals surface area contributed by atoms with Crippen LogP contribution < -0.4 is 11.1 Å². The van der Waals surface area contributed by atoms with Gasteiger partial charge in [0.05, 0.1) is 18.9 Å². The zero-order chi connectivity index (χ0) is 24.8. The molecule has 0 saturated heterocycles. The van der Waals surface area contributed by atoms with Crippen molar-refractivity contribution in [2.75, 3.05) is 12.4 Å². The van der Waals surface area contributed by atoms with Gasteiger partial charge in [0, 0.05) is 6.07 Å². The standard InChI is InChI=1S/C20H14F3N5O5S/c1-8-14(16(24)29)18(34-15(8)19(31)32-2)26-17(30)10-7-13-25-9(11-4-3-5-33-11)6-12(20(21,22)23)28(13)27-10/h3-7H,1-2H3,(H2,24,29)(H,26,30). The van der Waals surface area contributed by atoms with E-state index < -0.39 is 35.3 Å². The normalized spacial score (nSPS) is 11.6. The lowest BCUT2D eigenvalue weighted by Gasteiger charge is -2.09. The van der Waals surface area contributed by atoms with E-state index in [1.54, 1.807) is 0 Å². The second-order valence-electron chi connectivity index (χ2n) is 6.87. The maximum atomic E-state index is 13.7. The monoisotopic (exact) mass is 493 g/mol. The number of fused-ring (bicyclic) bond motifs is 1. The van der Waals surface area contributed by atoms with Gasteiger partial charge in [-0.15, -0.1) is 11.3 Å². The van der Waals surface area contributed by atoms with Gasteiger partial charge in [0.25, 0.3) is 11.8 Å². The van der Waals surface area contributed by atoms with Crippen LogP contribution in [0.5, 0.6) is 0 Å². The summed E-state index contributed by atoms with van der Waals surface area (Å²) in [4.78, 5) is 40.8. The Labute approximate surface area is 192 Å². The van der Waals surface area contributed by atoms with Crippen molar-refractivity contribution in [3.05, 3.63) is 57.9 Å². The number of hydrogen-bond donors (Lipinski definition) is 2. The summed E-state index contributed by atoms with van der Waals surface area (Å²) in [6, 6.07) is 4.72. The molecule has 14 heteroatoms. The van der Waals surface area contributed by atoms with Gasteiger partial charge in [-0.25, -0.2) is 14.3 Å². The number of nitrogens with two attached hydrogens (primary N) is 1. The van der Waals surface area contributed by atoms with Gasteiger partial charge in [-0.3, -0.25) is 9.59 Å². The molecule has 0 aliphatic rings. The van der Waals surface area contributed by atoms with Crippen LogP contribution >= 0.6 is 11.3 Å². The van der Waals surface area contributed by atoms with E-state index in [1.165, 1.54) is 25.3 Å². The quantitative estimate of drug-likeness (QED) is 0.405. The molecule has 0 aromatic carbocycles. The molecular weight excluding hydrogens is 479 g/mol. The molecule has 3 N–H and O–H groups in total. The molecule has 4 rings (SSSR count). The lowest BCUT2D eigenvalue weighted by atomic mass is 10.1. The molecule has 0 radical (unpaired) electrons. The third-order valence-corrected chi connectivity index (χ3v) is 5.90. The van der Waals surface area contributed by atoms with E-state index in [0.717, 1.165) is 30.6 Å². The predicted octanol–water partition coefficient (Wildman–Crippen LogP) is 3.52. The molecule has 0 aliphatic heterocycles. The number of rotatable bonds is 5. The van der Waals surface area contributed by atoms with Gasteiger partial charge in [0.15, 0.2) is 22.8 Å². The van der Waals surface area contributed by atoms with E-state index in [0.29, 0.717) is 4.52 Å². The van der Waals surface area contributed by atoms with Crippen molar-refractivity contribution in [3.8, 4) is 11.5 Å². The Morgan fingerprint density at radius 3 is 2.59 bits per heavy atom. The smallest absolute Gasteiger partial charge is 0.433 e. The Balaban J connectivity index is 1.77. The second kappa shape index (κ2) is 8.30. The zero-order valence-electron chi connectivity index (χ0n) is 17.4. The number of furan rings is 1. The van der Waals surface area contributed by atoms with Crippen LogP contribution in [0.15, 0.2) is 34.9 Å². The summed E-state index contributed by atoms with van der Waals surface area (Å²) in [5.74, 6) is -2.52. The third kappa shape index (κ3) is 3.98. The number of hydrogen-bond acceptors (Lipinski definition) is 8. The average molecular weight is 493 g/mol. The Kier molecular flexibility index (Phi) is 5.61. The minimum atomic E-state index is -4.82. The van der Waals surface area contributed by atoms with E-state index in [2.05, 4.69) is 20.1 Å². The van der Waals surface area contributed by atoms with Crippen LogP contribution in [0, 0.1) is 6.92 Å². The summed E-state index contributed by atoms with van der Waals surface area (Å²) in [6.07, 6.45) is -3.53. The van der Waals surface area contributed by atoms with Crippen LogP contribution in [0.25, 0.3) is 17.1 Å². The number of ether oxygens (including phenoxy) is 1. The maximum absolute atomic E-state index is 13.7. The van der Waals surface area contributed by atoms with Gasteiger partial charge in [-0.05, 0) is 30.7 Å². The number of esters is 1. The molecule has 0 fully saturated rings. The van der Waals surface area contributed by atoms with Crippen molar-refractivity contribution in [1.29, 1.82) is 0 Å². The first kappa shape index (κ1) is 23.0. The van der Waals surface area contributed by atoms with Gasteiger partial charge in [-0.1, -0.05) is 0 Å². The molecular formula is C20H14F3N5O5S. The number of thiophene rings is 1. The number of alkyl halides is 3. The number of methoxy groups -OCH3 is 1. The van der Waals surface area contributed by atoms with Crippen LogP contribution in [-0.4, -0.2) is 39.5 Å². The first-order valence-corrected chi connectivity index (χ1v) is 10.2. The fourth-order valence-electron chi connectivity index (χ4n) is 3.19. The molecule has 0 aliphatic carbocycles. The van der Waals surface area contributed by atoms with E-state index >= 15 is 0 Å². The minimum absolute atomic E-state index is 0.0331. The van der Waals surface area contributed by atoms with E-state index in [4.69, 9.17) is 10.2 Å². The van der Waals surface area contributed by atoms with Gasteiger partial charge in [0.1, 0.15) is 15.6 Å². The minimum Gasteiger partial charge on any atom is -0.465 e. The van der Waals surface area contributed by atoms with Crippen LogP contribution in [0.1, 0.15) is 41.8 Å². The number of halogens is 3. The number of carbonyl (C=O) groups excluding carboxylic acids is 3. The van der Waals surface area contributed by atoms with Gasteiger partial charge < -0.3 is 20.2 Å². The molecule has 4 heterocycles. The largest absolute Gasteiger partial charge is 0.465 e. The van der Waals surface area contributed by atoms with Crippen LogP contribution in [0.2, 0.25) is 0 Å². The number of anilines is 1. The molecule has 0 spiro atoms. The Bertz CT molecular complexity index is 1440. The number of amides is 2. The van der Waals surface area contributed by atoms with Crippen LogP contribution in [-0.2, 0) is 10.9 Å². The summed E-state index contributed by atoms with van der Waals surface area (Å²) in [5.41, 5.74) is 3.47. The summed E-state index contributed by atoms with van der Waals surface area (Å²) in [6.45, 7) is 1.44.